The maximum atomic E-state index is 12.0. The number of aromatic nitrogens is 2. The third kappa shape index (κ3) is 3.37. The Morgan fingerprint density at radius 1 is 1.24 bits per heavy atom. The van der Waals surface area contributed by atoms with E-state index in [-0.39, 0.29) is 5.91 Å². The molecule has 2 aromatic heterocycles. The first-order chi connectivity index (χ1) is 10.3. The Hall–Kier alpha value is -2.43. The fourth-order valence-electron chi connectivity index (χ4n) is 2.47. The predicted octanol–water partition coefficient (Wildman–Crippen LogP) is 2.01. The smallest absolute Gasteiger partial charge is 0.253 e. The van der Waals surface area contributed by atoms with Crippen molar-refractivity contribution in [3.63, 3.8) is 0 Å². The highest BCUT2D eigenvalue weighted by molar-refractivity contribution is 5.93. The summed E-state index contributed by atoms with van der Waals surface area (Å²) < 4.78 is 0. The summed E-state index contributed by atoms with van der Waals surface area (Å²) >= 11 is 0. The van der Waals surface area contributed by atoms with E-state index in [1.165, 1.54) is 12.8 Å². The van der Waals surface area contributed by atoms with Crippen molar-refractivity contribution < 1.29 is 4.79 Å². The quantitative estimate of drug-likeness (QED) is 0.932. The van der Waals surface area contributed by atoms with Gasteiger partial charge in [0.25, 0.3) is 5.91 Å². The molecule has 0 unspecified atom stereocenters. The van der Waals surface area contributed by atoms with Crippen LogP contribution in [-0.4, -0.2) is 29.0 Å². The molecule has 0 radical (unpaired) electrons. The van der Waals surface area contributed by atoms with Crippen molar-refractivity contribution >= 4 is 11.7 Å². The lowest BCUT2D eigenvalue weighted by Crippen LogP contribution is -2.23. The number of hydrogen-bond donors (Lipinski definition) is 1. The lowest BCUT2D eigenvalue weighted by molar-refractivity contribution is 0.0950. The van der Waals surface area contributed by atoms with Gasteiger partial charge in [0.2, 0.25) is 0 Å². The van der Waals surface area contributed by atoms with E-state index in [0.29, 0.717) is 12.1 Å². The van der Waals surface area contributed by atoms with E-state index in [1.54, 1.807) is 30.7 Å². The third-order valence-corrected chi connectivity index (χ3v) is 3.62. The summed E-state index contributed by atoms with van der Waals surface area (Å²) in [5.41, 5.74) is 1.63. The van der Waals surface area contributed by atoms with E-state index >= 15 is 0 Å². The monoisotopic (exact) mass is 282 g/mol. The summed E-state index contributed by atoms with van der Waals surface area (Å²) in [5, 5.41) is 2.91. The van der Waals surface area contributed by atoms with Gasteiger partial charge in [0.15, 0.2) is 0 Å². The first kappa shape index (κ1) is 13.5. The largest absolute Gasteiger partial charge is 0.357 e. The van der Waals surface area contributed by atoms with Crippen molar-refractivity contribution in [2.45, 2.75) is 19.4 Å². The number of pyridine rings is 2. The minimum Gasteiger partial charge on any atom is -0.357 e. The molecule has 1 fully saturated rings. The van der Waals surface area contributed by atoms with E-state index in [9.17, 15) is 4.79 Å². The molecule has 1 aliphatic heterocycles. The number of nitrogens with zero attached hydrogens (tertiary/aromatic N) is 3. The standard InChI is InChI=1S/C16H18N4O/c21-16(14-4-3-6-17-12-14)19-11-13-5-7-18-15(10-13)20-8-1-2-9-20/h3-7,10,12H,1-2,8-9,11H2,(H,19,21). The molecule has 5 heteroatoms. The summed E-state index contributed by atoms with van der Waals surface area (Å²) in [7, 11) is 0. The van der Waals surface area contributed by atoms with Crippen LogP contribution in [0, 0.1) is 0 Å². The third-order valence-electron chi connectivity index (χ3n) is 3.62. The molecule has 0 aromatic carbocycles. The van der Waals surface area contributed by atoms with Gasteiger partial charge in [-0.15, -0.1) is 0 Å². The van der Waals surface area contributed by atoms with Gasteiger partial charge in [-0.2, -0.15) is 0 Å². The highest BCUT2D eigenvalue weighted by Crippen LogP contribution is 2.18. The molecule has 108 valence electrons. The van der Waals surface area contributed by atoms with Gasteiger partial charge in [0, 0.05) is 38.2 Å². The van der Waals surface area contributed by atoms with Crippen LogP contribution < -0.4 is 10.2 Å². The highest BCUT2D eigenvalue weighted by atomic mass is 16.1. The van der Waals surface area contributed by atoms with E-state index in [1.807, 2.05) is 6.07 Å². The summed E-state index contributed by atoms with van der Waals surface area (Å²) in [5.74, 6) is 0.892. The molecule has 3 rings (SSSR count). The molecule has 2 aromatic rings. The molecule has 0 atom stereocenters. The molecule has 0 spiro atoms. The number of anilines is 1. The summed E-state index contributed by atoms with van der Waals surface area (Å²) in [6.45, 7) is 2.63. The second-order valence-corrected chi connectivity index (χ2v) is 5.14. The van der Waals surface area contributed by atoms with Gasteiger partial charge in [-0.1, -0.05) is 0 Å². The molecule has 3 heterocycles. The summed E-state index contributed by atoms with van der Waals surface area (Å²) in [4.78, 5) is 22.6. The molecular weight excluding hydrogens is 264 g/mol. The minimum atomic E-state index is -0.109. The fraction of sp³-hybridized carbons (Fsp3) is 0.312. The second kappa shape index (κ2) is 6.35. The normalized spacial score (nSPS) is 14.2. The van der Waals surface area contributed by atoms with Crippen LogP contribution in [0.5, 0.6) is 0 Å². The van der Waals surface area contributed by atoms with Gasteiger partial charge in [-0.05, 0) is 42.7 Å². The molecule has 0 bridgehead atoms. The number of rotatable bonds is 4. The van der Waals surface area contributed by atoms with Crippen LogP contribution in [0.4, 0.5) is 5.82 Å². The predicted molar refractivity (Wildman–Crippen MR) is 81.1 cm³/mol. The van der Waals surface area contributed by atoms with Crippen LogP contribution in [0.15, 0.2) is 42.9 Å². The highest BCUT2D eigenvalue weighted by Gasteiger charge is 2.13. The van der Waals surface area contributed by atoms with Crippen LogP contribution in [0.25, 0.3) is 0 Å². The SMILES string of the molecule is O=C(NCc1ccnc(N2CCCC2)c1)c1cccnc1. The Balaban J connectivity index is 1.63. The maximum Gasteiger partial charge on any atom is 0.253 e. The van der Waals surface area contributed by atoms with Crippen LogP contribution >= 0.6 is 0 Å². The van der Waals surface area contributed by atoms with Gasteiger partial charge < -0.3 is 10.2 Å². The lowest BCUT2D eigenvalue weighted by Gasteiger charge is -2.17. The molecule has 0 aliphatic carbocycles. The Morgan fingerprint density at radius 2 is 2.10 bits per heavy atom. The van der Waals surface area contributed by atoms with Crippen LogP contribution in [0.1, 0.15) is 28.8 Å². The Bertz CT molecular complexity index is 609. The summed E-state index contributed by atoms with van der Waals surface area (Å²) in [6, 6.07) is 7.50. The van der Waals surface area contributed by atoms with Gasteiger partial charge >= 0.3 is 0 Å². The Kier molecular flexibility index (Phi) is 4.09. The Morgan fingerprint density at radius 3 is 2.86 bits per heavy atom. The van der Waals surface area contributed by atoms with Gasteiger partial charge in [0.05, 0.1) is 5.56 Å². The van der Waals surface area contributed by atoms with E-state index in [0.717, 1.165) is 24.5 Å². The minimum absolute atomic E-state index is 0.109. The van der Waals surface area contributed by atoms with Crippen molar-refractivity contribution in [2.24, 2.45) is 0 Å². The van der Waals surface area contributed by atoms with Crippen molar-refractivity contribution in [1.29, 1.82) is 0 Å². The van der Waals surface area contributed by atoms with Crippen LogP contribution in [0.2, 0.25) is 0 Å². The van der Waals surface area contributed by atoms with E-state index in [4.69, 9.17) is 0 Å². The average Bonchev–Trinajstić information content (AvgIpc) is 3.08. The molecule has 5 nitrogen and oxygen atoms in total. The fourth-order valence-corrected chi connectivity index (χ4v) is 2.47. The maximum absolute atomic E-state index is 12.0. The van der Waals surface area contributed by atoms with Gasteiger partial charge in [0.1, 0.15) is 5.82 Å². The van der Waals surface area contributed by atoms with E-state index in [2.05, 4.69) is 26.3 Å². The van der Waals surface area contributed by atoms with Crippen molar-refractivity contribution in [3.8, 4) is 0 Å². The Labute approximate surface area is 124 Å². The molecule has 21 heavy (non-hydrogen) atoms. The van der Waals surface area contributed by atoms with Crippen molar-refractivity contribution in [3.05, 3.63) is 54.0 Å². The topological polar surface area (TPSA) is 58.1 Å². The molecule has 1 aliphatic rings. The average molecular weight is 282 g/mol. The van der Waals surface area contributed by atoms with Gasteiger partial charge in [-0.25, -0.2) is 4.98 Å². The van der Waals surface area contributed by atoms with Crippen LogP contribution in [0.3, 0.4) is 0 Å². The zero-order valence-electron chi connectivity index (χ0n) is 11.8. The molecule has 1 amide bonds. The van der Waals surface area contributed by atoms with Gasteiger partial charge in [-0.3, -0.25) is 9.78 Å². The van der Waals surface area contributed by atoms with E-state index < -0.39 is 0 Å². The molecular formula is C16H18N4O. The first-order valence-corrected chi connectivity index (χ1v) is 7.21. The molecule has 1 saturated heterocycles. The zero-order valence-corrected chi connectivity index (χ0v) is 11.8. The summed E-state index contributed by atoms with van der Waals surface area (Å²) in [6.07, 6.45) is 7.48. The molecule has 1 N–H and O–H groups in total. The second-order valence-electron chi connectivity index (χ2n) is 5.14. The number of carbonyl (C=O) groups is 1. The van der Waals surface area contributed by atoms with Crippen molar-refractivity contribution in [1.82, 2.24) is 15.3 Å². The number of amides is 1. The van der Waals surface area contributed by atoms with Crippen LogP contribution in [-0.2, 0) is 6.54 Å². The number of carbonyl (C=O) groups excluding carboxylic acids is 1. The van der Waals surface area contributed by atoms with Crippen molar-refractivity contribution in [2.75, 3.05) is 18.0 Å². The molecule has 0 saturated carbocycles. The zero-order chi connectivity index (χ0) is 14.5. The number of nitrogens with one attached hydrogen (secondary N) is 1. The first-order valence-electron chi connectivity index (χ1n) is 7.21. The number of hydrogen-bond acceptors (Lipinski definition) is 4. The lowest BCUT2D eigenvalue weighted by atomic mass is 10.2.